The molecule has 11 nitrogen and oxygen atoms in total. The van der Waals surface area contributed by atoms with Crippen LogP contribution in [0.25, 0.3) is 0 Å². The molecule has 0 unspecified atom stereocenters. The van der Waals surface area contributed by atoms with E-state index in [9.17, 15) is 24.3 Å². The number of amides is 3. The summed E-state index contributed by atoms with van der Waals surface area (Å²) in [6.45, 7) is 5.57. The number of nitrogens with two attached hydrogens (primary N) is 1. The summed E-state index contributed by atoms with van der Waals surface area (Å²) in [6.07, 6.45) is 0.840. The Morgan fingerprint density at radius 1 is 1.11 bits per heavy atom. The van der Waals surface area contributed by atoms with Crippen molar-refractivity contribution >= 4 is 24.2 Å². The first kappa shape index (κ1) is 25.8. The molecule has 0 aliphatic heterocycles. The van der Waals surface area contributed by atoms with E-state index in [0.717, 1.165) is 0 Å². The number of hydrogen-bond acceptors (Lipinski definition) is 8. The van der Waals surface area contributed by atoms with Crippen molar-refractivity contribution in [3.63, 3.8) is 0 Å². The Labute approximate surface area is 165 Å². The smallest absolute Gasteiger partial charge is 0.407 e. The topological polar surface area (TPSA) is 172 Å². The highest BCUT2D eigenvalue weighted by atomic mass is 16.5. The van der Waals surface area contributed by atoms with Crippen molar-refractivity contribution in [2.45, 2.75) is 51.7 Å². The van der Waals surface area contributed by atoms with Crippen LogP contribution in [0.3, 0.4) is 0 Å². The van der Waals surface area contributed by atoms with Crippen molar-refractivity contribution in [3.8, 4) is 0 Å². The third kappa shape index (κ3) is 11.5. The van der Waals surface area contributed by atoms with Gasteiger partial charge in [0.2, 0.25) is 11.8 Å². The number of carbonyl (C=O) groups excluding carboxylic acids is 4. The Hall–Kier alpha value is -2.24. The van der Waals surface area contributed by atoms with Crippen LogP contribution in [-0.4, -0.2) is 73.9 Å². The second-order valence-electron chi connectivity index (χ2n) is 6.70. The van der Waals surface area contributed by atoms with Gasteiger partial charge >= 0.3 is 6.09 Å². The second kappa shape index (κ2) is 14.8. The van der Waals surface area contributed by atoms with Gasteiger partial charge in [0.25, 0.3) is 0 Å². The predicted molar refractivity (Wildman–Crippen MR) is 102 cm³/mol. The average molecular weight is 403 g/mol. The first-order chi connectivity index (χ1) is 13.2. The quantitative estimate of drug-likeness (QED) is 0.112. The largest absolute Gasteiger partial charge is 0.449 e. The molecular weight excluding hydrogens is 370 g/mol. The third-order valence-corrected chi connectivity index (χ3v) is 3.60. The van der Waals surface area contributed by atoms with Gasteiger partial charge in [0.15, 0.2) is 0 Å². The van der Waals surface area contributed by atoms with Gasteiger partial charge in [-0.1, -0.05) is 13.8 Å². The van der Waals surface area contributed by atoms with Crippen LogP contribution >= 0.6 is 0 Å². The van der Waals surface area contributed by atoms with Crippen LogP contribution in [0.15, 0.2) is 0 Å². The van der Waals surface area contributed by atoms with Crippen molar-refractivity contribution in [2.75, 3.05) is 26.4 Å². The van der Waals surface area contributed by atoms with Gasteiger partial charge in [-0.15, -0.1) is 0 Å². The minimum Gasteiger partial charge on any atom is -0.449 e. The van der Waals surface area contributed by atoms with Crippen LogP contribution in [0.4, 0.5) is 4.79 Å². The zero-order chi connectivity index (χ0) is 21.5. The van der Waals surface area contributed by atoms with Crippen molar-refractivity contribution in [3.05, 3.63) is 0 Å². The number of hydrogen-bond donors (Lipinski definition) is 6. The fourth-order valence-corrected chi connectivity index (χ4v) is 2.03. The highest BCUT2D eigenvalue weighted by Gasteiger charge is 2.25. The average Bonchev–Trinajstić information content (AvgIpc) is 2.66. The monoisotopic (exact) mass is 403 g/mol. The van der Waals surface area contributed by atoms with Gasteiger partial charge in [-0.25, -0.2) is 4.79 Å². The van der Waals surface area contributed by atoms with E-state index in [1.165, 1.54) is 6.92 Å². The lowest BCUT2D eigenvalue weighted by atomic mass is 10.1. The summed E-state index contributed by atoms with van der Waals surface area (Å²) in [5.41, 5.74) is 5.30. The number of alkyl carbamates (subject to hydrolysis) is 1. The van der Waals surface area contributed by atoms with Gasteiger partial charge in [-0.3, -0.25) is 9.59 Å². The molecule has 0 bridgehead atoms. The van der Waals surface area contributed by atoms with Crippen LogP contribution < -0.4 is 27.0 Å². The van der Waals surface area contributed by atoms with E-state index in [4.69, 9.17) is 10.5 Å². The Morgan fingerprint density at radius 3 is 2.32 bits per heavy atom. The Balaban J connectivity index is 4.48. The number of aldehydes is 1. The highest BCUT2D eigenvalue weighted by molar-refractivity contribution is 5.91. The molecule has 0 fully saturated rings. The molecule has 3 amide bonds. The number of aliphatic hydroxyl groups is 1. The van der Waals surface area contributed by atoms with Gasteiger partial charge in [-0.05, 0) is 32.2 Å². The molecule has 0 rings (SSSR count). The van der Waals surface area contributed by atoms with E-state index >= 15 is 0 Å². The molecule has 0 aromatic carbocycles. The van der Waals surface area contributed by atoms with Gasteiger partial charge in [0.05, 0.1) is 19.3 Å². The van der Waals surface area contributed by atoms with Gasteiger partial charge in [0.1, 0.15) is 18.4 Å². The maximum atomic E-state index is 12.2. The Kier molecular flexibility index (Phi) is 13.6. The maximum absolute atomic E-state index is 12.2. The molecule has 11 heteroatoms. The number of rotatable bonds is 14. The number of nitrogens with one attached hydrogen (secondary N) is 4. The highest BCUT2D eigenvalue weighted by Crippen LogP contribution is 1.97. The predicted octanol–water partition coefficient (Wildman–Crippen LogP) is -1.80. The van der Waals surface area contributed by atoms with E-state index in [1.807, 2.05) is 13.8 Å². The third-order valence-electron chi connectivity index (χ3n) is 3.60. The van der Waals surface area contributed by atoms with E-state index in [-0.39, 0.29) is 12.5 Å². The number of aliphatic hydroxyl groups excluding tert-OH is 1. The summed E-state index contributed by atoms with van der Waals surface area (Å²) in [4.78, 5) is 47.0. The van der Waals surface area contributed by atoms with Crippen LogP contribution in [0, 0.1) is 5.92 Å². The Bertz CT molecular complexity index is 502. The summed E-state index contributed by atoms with van der Waals surface area (Å²) in [5.74, 6) is -1.19. The Morgan fingerprint density at radius 2 is 1.79 bits per heavy atom. The molecule has 28 heavy (non-hydrogen) atoms. The molecule has 0 spiro atoms. The fourth-order valence-electron chi connectivity index (χ4n) is 2.03. The minimum absolute atomic E-state index is 0.118. The van der Waals surface area contributed by atoms with Crippen molar-refractivity contribution < 1.29 is 29.0 Å². The fraction of sp³-hybridized carbons (Fsp3) is 0.765. The molecule has 0 aliphatic carbocycles. The van der Waals surface area contributed by atoms with E-state index in [0.29, 0.717) is 32.3 Å². The van der Waals surface area contributed by atoms with Crippen molar-refractivity contribution in [1.82, 2.24) is 21.3 Å². The molecule has 162 valence electrons. The summed E-state index contributed by atoms with van der Waals surface area (Å²) in [5, 5.41) is 19.3. The van der Waals surface area contributed by atoms with Gasteiger partial charge < -0.3 is 41.6 Å². The van der Waals surface area contributed by atoms with E-state index in [2.05, 4.69) is 21.3 Å². The lowest BCUT2D eigenvalue weighted by Crippen LogP contribution is -2.55. The van der Waals surface area contributed by atoms with E-state index in [1.54, 1.807) is 0 Å². The molecule has 0 saturated heterocycles. The molecule has 0 aromatic rings. The van der Waals surface area contributed by atoms with Crippen molar-refractivity contribution in [2.24, 2.45) is 11.7 Å². The molecule has 3 atom stereocenters. The van der Waals surface area contributed by atoms with Gasteiger partial charge in [-0.2, -0.15) is 0 Å². The first-order valence-electron chi connectivity index (χ1n) is 9.26. The van der Waals surface area contributed by atoms with Crippen LogP contribution in [0.2, 0.25) is 0 Å². The molecule has 7 N–H and O–H groups in total. The number of carbonyl (C=O) groups is 4. The zero-order valence-electron chi connectivity index (χ0n) is 16.7. The van der Waals surface area contributed by atoms with Gasteiger partial charge in [0, 0.05) is 6.67 Å². The van der Waals surface area contributed by atoms with Crippen molar-refractivity contribution in [1.29, 1.82) is 0 Å². The summed E-state index contributed by atoms with van der Waals surface area (Å²) < 4.78 is 4.89. The molecule has 0 aliphatic rings. The lowest BCUT2D eigenvalue weighted by molar-refractivity contribution is -0.131. The van der Waals surface area contributed by atoms with Crippen LogP contribution in [-0.2, 0) is 19.1 Å². The lowest BCUT2D eigenvalue weighted by Gasteiger charge is -2.21. The molecule has 0 radical (unpaired) electrons. The van der Waals surface area contributed by atoms with Crippen LogP contribution in [0.1, 0.15) is 33.6 Å². The minimum atomic E-state index is -1.26. The molecule has 0 aromatic heterocycles. The first-order valence-corrected chi connectivity index (χ1v) is 9.26. The normalized spacial score (nSPS) is 13.9. The van der Waals surface area contributed by atoms with Crippen LogP contribution in [0.5, 0.6) is 0 Å². The van der Waals surface area contributed by atoms with E-state index < -0.39 is 42.6 Å². The number of ether oxygens (including phenoxy) is 1. The SMILES string of the molecule is CC(C)COC(=O)N[C@H](CO)C(=O)N[C@@H](C)C(=O)N[C@H](C=O)CCCNCN. The summed E-state index contributed by atoms with van der Waals surface area (Å²) in [7, 11) is 0. The molecule has 0 heterocycles. The standard InChI is InChI=1S/C17H33N5O6/c1-11(2)9-28-17(27)22-14(8-24)16(26)20-12(3)15(25)21-13(7-23)5-4-6-19-10-18/h7,11-14,19,24H,4-6,8-10,18H2,1-3H3,(H,20,26)(H,21,25)(H,22,27)/t12-,13-,14+/m0/s1. The zero-order valence-corrected chi connectivity index (χ0v) is 16.7. The maximum Gasteiger partial charge on any atom is 0.407 e. The molecule has 0 saturated carbocycles. The molecular formula is C17H33N5O6. The summed E-state index contributed by atoms with van der Waals surface area (Å²) >= 11 is 0. The second-order valence-corrected chi connectivity index (χ2v) is 6.70. The summed E-state index contributed by atoms with van der Waals surface area (Å²) in [6, 6.07) is -2.93.